The Morgan fingerprint density at radius 1 is 0.643 bits per heavy atom. The van der Waals surface area contributed by atoms with Gasteiger partial charge >= 0.3 is 0 Å². The largest absolute Gasteiger partial charge is 0.507 e. The summed E-state index contributed by atoms with van der Waals surface area (Å²) in [6.07, 6.45) is -0.473. The smallest absolute Gasteiger partial charge is 0.148 e. The van der Waals surface area contributed by atoms with E-state index in [9.17, 15) is 6.48 Å². The van der Waals surface area contributed by atoms with Gasteiger partial charge in [-0.2, -0.15) is 0 Å². The molecular formula is C51H46N3OPt-. The first-order valence-electron chi connectivity index (χ1n) is 21.9. The monoisotopic (exact) mass is 918 g/mol. The quantitative estimate of drug-likeness (QED) is 0.169. The van der Waals surface area contributed by atoms with E-state index < -0.39 is 17.6 Å². The number of aromatic hydroxyl groups is 1. The van der Waals surface area contributed by atoms with Gasteiger partial charge in [0.1, 0.15) is 11.6 Å². The molecule has 0 bridgehead atoms. The molecule has 0 saturated carbocycles. The maximum atomic E-state index is 11.4. The van der Waals surface area contributed by atoms with Crippen molar-refractivity contribution in [3.63, 3.8) is 0 Å². The Kier molecular flexibility index (Phi) is 8.29. The van der Waals surface area contributed by atoms with Crippen LogP contribution in [0.1, 0.15) is 67.8 Å². The van der Waals surface area contributed by atoms with Crippen LogP contribution in [0.25, 0.3) is 72.7 Å². The van der Waals surface area contributed by atoms with Crippen LogP contribution in [0.3, 0.4) is 0 Å². The van der Waals surface area contributed by atoms with Crippen LogP contribution in [-0.2, 0) is 31.9 Å². The Bertz CT molecular complexity index is 3070. The van der Waals surface area contributed by atoms with Gasteiger partial charge < -0.3 is 5.11 Å². The number of hydrogen-bond donors (Lipinski definition) is 1. The molecular weight excluding hydrogens is 866 g/mol. The average molecular weight is 919 g/mol. The third kappa shape index (κ3) is 7.51. The number of hydrogen-bond acceptors (Lipinski definition) is 3. The summed E-state index contributed by atoms with van der Waals surface area (Å²) in [4.78, 5) is 9.77. The van der Waals surface area contributed by atoms with E-state index in [4.69, 9.17) is 13.2 Å². The fraction of sp³-hybridized carbons (Fsp3) is 0.176. The summed E-state index contributed by atoms with van der Waals surface area (Å²) < 4.78 is 63.7. The molecule has 0 atom stereocenters. The number of fused-ring (bicyclic) bond motifs is 1. The molecule has 0 aliphatic carbocycles. The zero-order valence-electron chi connectivity index (χ0n) is 39.4. The van der Waals surface area contributed by atoms with Crippen molar-refractivity contribution in [1.82, 2.24) is 14.5 Å². The molecule has 0 spiro atoms. The maximum absolute atomic E-state index is 11.4. The first-order chi connectivity index (χ1) is 29.3. The van der Waals surface area contributed by atoms with E-state index in [0.29, 0.717) is 33.6 Å². The number of nitrogens with zero attached hydrogens (tertiary/aromatic N) is 3. The number of aromatic nitrogens is 3. The Morgan fingerprint density at radius 2 is 1.32 bits per heavy atom. The summed E-state index contributed by atoms with van der Waals surface area (Å²) in [6, 6.07) is 35.0. The zero-order chi connectivity index (χ0) is 44.6. The van der Waals surface area contributed by atoms with Crippen molar-refractivity contribution in [2.45, 2.75) is 59.3 Å². The van der Waals surface area contributed by atoms with Crippen LogP contribution in [0.15, 0.2) is 146 Å². The predicted molar refractivity (Wildman–Crippen MR) is 229 cm³/mol. The first kappa shape index (κ1) is 30.6. The second kappa shape index (κ2) is 15.2. The minimum absolute atomic E-state index is 0. The van der Waals surface area contributed by atoms with E-state index in [2.05, 4.69) is 87.5 Å². The fourth-order valence-corrected chi connectivity index (χ4v) is 6.80. The standard InChI is InChI=1S/C51H46N3O.Pt/c1-33-20-22-34(23-21-33)36-26-27-52-44(31-36)38-28-37(29-40(30-38)51(5,6)7)41-17-13-18-46-48(41)53-49(42-16-11-12-19-47(42)55)54(46)45-25-24-39(50(2,3)4)32-43(45)35-14-9-8-10-15-35;/h8-27,29-32,55H,1-7H3;/q-1;/i20D,21D,22D,23D,26D,27D,31D;. The number of phenols is 1. The molecule has 282 valence electrons. The third-order valence-electron chi connectivity index (χ3n) is 9.89. The van der Waals surface area contributed by atoms with Gasteiger partial charge in [-0.25, -0.2) is 4.98 Å². The third-order valence-corrected chi connectivity index (χ3v) is 9.89. The topological polar surface area (TPSA) is 50.9 Å². The second-order valence-corrected chi connectivity index (χ2v) is 16.0. The molecule has 4 nitrogen and oxygen atoms in total. The Hall–Kier alpha value is -5.57. The van der Waals surface area contributed by atoms with Crippen LogP contribution in [0.5, 0.6) is 5.75 Å². The van der Waals surface area contributed by atoms with Crippen molar-refractivity contribution < 1.29 is 35.8 Å². The van der Waals surface area contributed by atoms with Gasteiger partial charge in [-0.3, -0.25) is 9.55 Å². The molecule has 1 N–H and O–H groups in total. The molecule has 0 fully saturated rings. The molecule has 8 rings (SSSR count). The molecule has 56 heavy (non-hydrogen) atoms. The van der Waals surface area contributed by atoms with Gasteiger partial charge in [0.2, 0.25) is 0 Å². The minimum Gasteiger partial charge on any atom is -0.507 e. The van der Waals surface area contributed by atoms with Gasteiger partial charge in [0.15, 0.2) is 0 Å². The zero-order valence-corrected chi connectivity index (χ0v) is 34.7. The average Bonchev–Trinajstić information content (AvgIpc) is 3.63. The van der Waals surface area contributed by atoms with Gasteiger partial charge in [0.25, 0.3) is 0 Å². The Morgan fingerprint density at radius 3 is 2.04 bits per heavy atom. The molecule has 2 heterocycles. The maximum Gasteiger partial charge on any atom is 0.148 e. The van der Waals surface area contributed by atoms with Crippen LogP contribution in [0, 0.1) is 13.0 Å². The van der Waals surface area contributed by atoms with Crippen LogP contribution in [0.4, 0.5) is 0 Å². The molecule has 5 heteroatoms. The summed E-state index contributed by atoms with van der Waals surface area (Å²) in [5.74, 6) is 0.604. The van der Waals surface area contributed by atoms with Crippen molar-refractivity contribution in [2.75, 3.05) is 0 Å². The molecule has 0 radical (unpaired) electrons. The summed E-state index contributed by atoms with van der Waals surface area (Å²) in [5.41, 5.74) is 7.76. The van der Waals surface area contributed by atoms with Gasteiger partial charge in [-0.15, -0.1) is 29.3 Å². The Balaban J connectivity index is 0.00000595. The summed E-state index contributed by atoms with van der Waals surface area (Å²) in [7, 11) is 0. The van der Waals surface area contributed by atoms with Crippen LogP contribution in [0.2, 0.25) is 0 Å². The minimum atomic E-state index is -0.473. The van der Waals surface area contributed by atoms with Gasteiger partial charge in [-0.05, 0) is 76.4 Å². The number of pyridine rings is 1. The van der Waals surface area contributed by atoms with Crippen molar-refractivity contribution in [3.05, 3.63) is 168 Å². The van der Waals surface area contributed by atoms with E-state index in [1.54, 1.807) is 12.1 Å². The van der Waals surface area contributed by atoms with Crippen molar-refractivity contribution in [1.29, 1.82) is 0 Å². The summed E-state index contributed by atoms with van der Waals surface area (Å²) in [5, 5.41) is 11.4. The molecule has 0 amide bonds. The van der Waals surface area contributed by atoms with Gasteiger partial charge in [0, 0.05) is 38.5 Å². The molecule has 0 unspecified atom stereocenters. The summed E-state index contributed by atoms with van der Waals surface area (Å²) in [6.45, 7) is 14.3. The predicted octanol–water partition coefficient (Wildman–Crippen LogP) is 13.2. The fourth-order valence-electron chi connectivity index (χ4n) is 6.80. The second-order valence-electron chi connectivity index (χ2n) is 16.0. The normalized spacial score (nSPS) is 13.5. The molecule has 2 aromatic heterocycles. The Labute approximate surface area is 355 Å². The number of imidazole rings is 1. The molecule has 8 aromatic rings. The van der Waals surface area contributed by atoms with E-state index in [1.165, 1.54) is 6.92 Å². The molecule has 0 aliphatic heterocycles. The molecule has 6 aromatic carbocycles. The molecule has 0 saturated heterocycles. The van der Waals surface area contributed by atoms with Crippen LogP contribution < -0.4 is 0 Å². The van der Waals surface area contributed by atoms with Crippen molar-refractivity contribution in [2.24, 2.45) is 0 Å². The van der Waals surface area contributed by atoms with Gasteiger partial charge in [0.05, 0.1) is 31.9 Å². The summed E-state index contributed by atoms with van der Waals surface area (Å²) >= 11 is 0. The molecule has 0 aliphatic rings. The van der Waals surface area contributed by atoms with Crippen molar-refractivity contribution in [3.8, 4) is 67.5 Å². The first-order valence-corrected chi connectivity index (χ1v) is 18.4. The van der Waals surface area contributed by atoms with E-state index >= 15 is 0 Å². The van der Waals surface area contributed by atoms with Crippen LogP contribution in [-0.4, -0.2) is 19.6 Å². The van der Waals surface area contributed by atoms with E-state index in [-0.39, 0.29) is 84.8 Å². The SMILES string of the molecule is [2H]c1nc(-c2[c-]c(-c3cccc4c3nc(-c3ccccc3O)n4-c3ccc(C(C)(C)C)cc3-c3ccccc3)cc(C(C)(C)C)c2)c([2H])c(-c2c([2H])c([2H])c(C)c([2H])c2[2H])c1[2H].[Pt]. The number of benzene rings is 6. The number of rotatable bonds is 6. The van der Waals surface area contributed by atoms with E-state index in [0.717, 1.165) is 33.5 Å². The van der Waals surface area contributed by atoms with Crippen LogP contribution >= 0.6 is 0 Å². The number of para-hydroxylation sites is 2. The number of phenolic OH excluding ortho intramolecular Hbond substituents is 1. The van der Waals surface area contributed by atoms with Gasteiger partial charge in [-0.1, -0.05) is 149 Å². The van der Waals surface area contributed by atoms with Crippen molar-refractivity contribution >= 4 is 11.0 Å². The van der Waals surface area contributed by atoms with E-state index in [1.807, 2.05) is 60.7 Å².